The minimum atomic E-state index is 0.737. The van der Waals surface area contributed by atoms with E-state index in [0.717, 1.165) is 68.7 Å². The number of nitrogens with one attached hydrogen (secondary N) is 1. The Morgan fingerprint density at radius 2 is 1.87 bits per heavy atom. The van der Waals surface area contributed by atoms with Crippen LogP contribution in [0.25, 0.3) is 33.3 Å². The summed E-state index contributed by atoms with van der Waals surface area (Å²) in [5.41, 5.74) is 5.59. The van der Waals surface area contributed by atoms with E-state index in [1.54, 1.807) is 0 Å². The third kappa shape index (κ3) is 3.52. The van der Waals surface area contributed by atoms with Gasteiger partial charge < -0.3 is 9.73 Å². The molecule has 0 bridgehead atoms. The molecule has 5 heteroatoms. The maximum Gasteiger partial charge on any atom is 0.192 e. The van der Waals surface area contributed by atoms with Crippen molar-refractivity contribution < 1.29 is 8.98 Å². The van der Waals surface area contributed by atoms with E-state index in [4.69, 9.17) is 9.40 Å². The van der Waals surface area contributed by atoms with Gasteiger partial charge in [0.05, 0.1) is 11.0 Å². The van der Waals surface area contributed by atoms with E-state index in [1.807, 2.05) is 25.1 Å². The molecule has 0 saturated heterocycles. The lowest BCUT2D eigenvalue weighted by Gasteiger charge is -2.14. The molecule has 1 aromatic heterocycles. The number of fused-ring (bicyclic) bond motifs is 4. The number of nitrogens with zero attached hydrogens (tertiary/aromatic N) is 3. The molecule has 2 aliphatic rings. The zero-order valence-electron chi connectivity index (χ0n) is 18.0. The zero-order chi connectivity index (χ0) is 21.4. The SMILES string of the molecule is CCN=c1cc2oc3cc(Nc4ccc[n+](CC)c4)c4ccccc4c3nc-2cc1C. The van der Waals surface area contributed by atoms with Crippen molar-refractivity contribution in [2.24, 2.45) is 4.99 Å². The second kappa shape index (κ2) is 7.84. The highest BCUT2D eigenvalue weighted by Crippen LogP contribution is 2.35. The summed E-state index contributed by atoms with van der Waals surface area (Å²) >= 11 is 0. The van der Waals surface area contributed by atoms with Crippen molar-refractivity contribution in [1.82, 2.24) is 4.98 Å². The summed E-state index contributed by atoms with van der Waals surface area (Å²) in [5, 5.41) is 6.70. The van der Waals surface area contributed by atoms with Gasteiger partial charge in [-0.15, -0.1) is 0 Å². The first-order valence-electron chi connectivity index (χ1n) is 10.7. The van der Waals surface area contributed by atoms with Crippen LogP contribution in [0, 0.1) is 6.92 Å². The van der Waals surface area contributed by atoms with Gasteiger partial charge in [0.25, 0.3) is 0 Å². The molecule has 5 nitrogen and oxygen atoms in total. The number of hydrogen-bond acceptors (Lipinski definition) is 4. The van der Waals surface area contributed by atoms with E-state index >= 15 is 0 Å². The van der Waals surface area contributed by atoms with Gasteiger partial charge in [-0.25, -0.2) is 9.55 Å². The molecule has 1 aliphatic carbocycles. The fraction of sp³-hybridized carbons (Fsp3) is 0.192. The number of pyridine rings is 1. The third-order valence-electron chi connectivity index (χ3n) is 5.54. The smallest absolute Gasteiger partial charge is 0.192 e. The monoisotopic (exact) mass is 409 g/mol. The maximum atomic E-state index is 6.35. The Morgan fingerprint density at radius 1 is 1.03 bits per heavy atom. The summed E-state index contributed by atoms with van der Waals surface area (Å²) in [7, 11) is 0. The molecular weight excluding hydrogens is 384 g/mol. The van der Waals surface area contributed by atoms with E-state index in [9.17, 15) is 0 Å². The zero-order valence-corrected chi connectivity index (χ0v) is 18.0. The van der Waals surface area contributed by atoms with Crippen molar-refractivity contribution in [3.63, 3.8) is 0 Å². The van der Waals surface area contributed by atoms with Crippen LogP contribution < -0.4 is 15.2 Å². The van der Waals surface area contributed by atoms with Crippen molar-refractivity contribution in [1.29, 1.82) is 0 Å². The molecule has 0 fully saturated rings. The molecule has 0 unspecified atom stereocenters. The van der Waals surface area contributed by atoms with Crippen LogP contribution in [0.1, 0.15) is 19.4 Å². The van der Waals surface area contributed by atoms with Crippen LogP contribution >= 0.6 is 0 Å². The maximum absolute atomic E-state index is 6.35. The lowest BCUT2D eigenvalue weighted by molar-refractivity contribution is -0.692. The highest BCUT2D eigenvalue weighted by molar-refractivity contribution is 6.10. The average Bonchev–Trinajstić information content (AvgIpc) is 2.79. The number of aromatic nitrogens is 2. The summed E-state index contributed by atoms with van der Waals surface area (Å²) in [6.07, 6.45) is 4.17. The quantitative estimate of drug-likeness (QED) is 0.247. The standard InChI is InChI=1S/C26H25N4O/c1-4-27-21-14-24-23(13-17(21)3)29-26-20-11-7-6-10-19(20)22(15-25(26)31-24)28-18-9-8-12-30(5-2)16-18/h6-16,28H,4-5H2,1-3H3/q+1. The van der Waals surface area contributed by atoms with Crippen LogP contribution in [0.15, 0.2) is 76.4 Å². The van der Waals surface area contributed by atoms with E-state index in [2.05, 4.69) is 77.5 Å². The molecule has 2 aromatic carbocycles. The predicted molar refractivity (Wildman–Crippen MR) is 125 cm³/mol. The molecule has 0 saturated carbocycles. The second-order valence-corrected chi connectivity index (χ2v) is 7.66. The summed E-state index contributed by atoms with van der Waals surface area (Å²) in [6, 6.07) is 18.5. The second-order valence-electron chi connectivity index (χ2n) is 7.66. The third-order valence-corrected chi connectivity index (χ3v) is 5.54. The lowest BCUT2D eigenvalue weighted by atomic mass is 10.1. The Bertz CT molecular complexity index is 1450. The van der Waals surface area contributed by atoms with Gasteiger partial charge in [-0.2, -0.15) is 0 Å². The van der Waals surface area contributed by atoms with Crippen molar-refractivity contribution in [3.05, 3.63) is 77.9 Å². The normalized spacial score (nSPS) is 12.2. The van der Waals surface area contributed by atoms with Crippen LogP contribution in [-0.4, -0.2) is 11.5 Å². The number of benzene rings is 3. The topological polar surface area (TPSA) is 54.3 Å². The Kier molecular flexibility index (Phi) is 4.86. The van der Waals surface area contributed by atoms with Crippen LogP contribution in [0.2, 0.25) is 0 Å². The van der Waals surface area contributed by atoms with Gasteiger partial charge in [-0.3, -0.25) is 4.99 Å². The average molecular weight is 410 g/mol. The van der Waals surface area contributed by atoms with Crippen LogP contribution in [0.5, 0.6) is 0 Å². The molecule has 5 rings (SSSR count). The number of aryl methyl sites for hydroxylation is 2. The minimum absolute atomic E-state index is 0.737. The first-order valence-corrected chi connectivity index (χ1v) is 10.7. The van der Waals surface area contributed by atoms with Crippen LogP contribution in [0.3, 0.4) is 0 Å². The first kappa shape index (κ1) is 19.2. The van der Waals surface area contributed by atoms with E-state index in [0.29, 0.717) is 0 Å². The van der Waals surface area contributed by atoms with Crippen molar-refractivity contribution in [3.8, 4) is 11.5 Å². The largest absolute Gasteiger partial charge is 0.453 e. The fourth-order valence-electron chi connectivity index (χ4n) is 3.99. The van der Waals surface area contributed by atoms with Crippen molar-refractivity contribution in [2.45, 2.75) is 27.3 Å². The van der Waals surface area contributed by atoms with Gasteiger partial charge >= 0.3 is 0 Å². The Labute approximate surface area is 181 Å². The van der Waals surface area contributed by atoms with E-state index in [1.165, 1.54) is 0 Å². The lowest BCUT2D eigenvalue weighted by Crippen LogP contribution is -2.31. The van der Waals surface area contributed by atoms with Crippen LogP contribution in [-0.2, 0) is 6.54 Å². The molecule has 2 heterocycles. The highest BCUT2D eigenvalue weighted by Gasteiger charge is 2.15. The van der Waals surface area contributed by atoms with Gasteiger partial charge in [0.1, 0.15) is 23.4 Å². The summed E-state index contributed by atoms with van der Waals surface area (Å²) in [4.78, 5) is 9.55. The van der Waals surface area contributed by atoms with E-state index in [-0.39, 0.29) is 0 Å². The number of rotatable bonds is 4. The van der Waals surface area contributed by atoms with Gasteiger partial charge in [-0.05, 0) is 38.5 Å². The Balaban J connectivity index is 1.75. The molecule has 0 radical (unpaired) electrons. The molecule has 1 N–H and O–H groups in total. The van der Waals surface area contributed by atoms with Gasteiger partial charge in [0, 0.05) is 35.5 Å². The predicted octanol–water partition coefficient (Wildman–Crippen LogP) is 5.37. The Morgan fingerprint density at radius 3 is 2.68 bits per heavy atom. The molecular formula is C26H25N4O+. The highest BCUT2D eigenvalue weighted by atomic mass is 16.3. The van der Waals surface area contributed by atoms with Crippen LogP contribution in [0.4, 0.5) is 11.4 Å². The fourth-order valence-corrected chi connectivity index (χ4v) is 3.99. The molecule has 0 spiro atoms. The molecule has 0 atom stereocenters. The summed E-state index contributed by atoms with van der Waals surface area (Å²) < 4.78 is 8.50. The summed E-state index contributed by atoms with van der Waals surface area (Å²) in [5.74, 6) is 0.745. The minimum Gasteiger partial charge on any atom is -0.453 e. The molecule has 3 aromatic rings. The number of hydrogen-bond donors (Lipinski definition) is 1. The number of anilines is 2. The van der Waals surface area contributed by atoms with Crippen molar-refractivity contribution >= 4 is 33.2 Å². The molecule has 0 amide bonds. The van der Waals surface area contributed by atoms with Crippen molar-refractivity contribution in [2.75, 3.05) is 11.9 Å². The molecule has 1 aliphatic heterocycles. The first-order chi connectivity index (χ1) is 15.2. The molecule has 31 heavy (non-hydrogen) atoms. The van der Waals surface area contributed by atoms with E-state index < -0.39 is 0 Å². The van der Waals surface area contributed by atoms with Gasteiger partial charge in [-0.1, -0.05) is 24.3 Å². The van der Waals surface area contributed by atoms with Gasteiger partial charge in [0.2, 0.25) is 0 Å². The Hall–Kier alpha value is -3.73. The summed E-state index contributed by atoms with van der Waals surface area (Å²) in [6.45, 7) is 7.89. The molecule has 154 valence electrons. The van der Waals surface area contributed by atoms with Gasteiger partial charge in [0.15, 0.2) is 23.7 Å².